The van der Waals surface area contributed by atoms with Crippen molar-refractivity contribution in [3.63, 3.8) is 0 Å². The Balaban J connectivity index is 2.18. The van der Waals surface area contributed by atoms with Crippen LogP contribution in [0.15, 0.2) is 17.6 Å². The van der Waals surface area contributed by atoms with Gasteiger partial charge in [0.15, 0.2) is 5.82 Å². The zero-order valence-electron chi connectivity index (χ0n) is 8.78. The van der Waals surface area contributed by atoms with Crippen molar-refractivity contribution in [1.29, 1.82) is 0 Å². The molecule has 0 saturated carbocycles. The molecule has 0 atom stereocenters. The van der Waals surface area contributed by atoms with Crippen molar-refractivity contribution in [1.82, 2.24) is 10.2 Å². The molecule has 0 saturated heterocycles. The van der Waals surface area contributed by atoms with Crippen molar-refractivity contribution in [2.45, 2.75) is 13.3 Å². The van der Waals surface area contributed by atoms with Crippen molar-refractivity contribution in [2.75, 3.05) is 11.1 Å². The van der Waals surface area contributed by atoms with Gasteiger partial charge in [0, 0.05) is 0 Å². The molecule has 0 spiro atoms. The van der Waals surface area contributed by atoms with Gasteiger partial charge >= 0.3 is 0 Å². The van der Waals surface area contributed by atoms with Gasteiger partial charge in [0.1, 0.15) is 0 Å². The molecule has 0 bridgehead atoms. The van der Waals surface area contributed by atoms with Gasteiger partial charge in [-0.2, -0.15) is 5.10 Å². The van der Waals surface area contributed by atoms with Crippen LogP contribution in [0.25, 0.3) is 0 Å². The predicted octanol–water partition coefficient (Wildman–Crippen LogP) is 1.87. The summed E-state index contributed by atoms with van der Waals surface area (Å²) in [6, 6.07) is 1.95. The number of nitrogen functional groups attached to an aromatic ring is 1. The number of nitrogens with two attached hydrogens (primary N) is 1. The van der Waals surface area contributed by atoms with Crippen molar-refractivity contribution < 1.29 is 4.79 Å². The number of carbonyl (C=O) groups excluding carboxylic acids is 1. The van der Waals surface area contributed by atoms with Gasteiger partial charge in [-0.1, -0.05) is 6.92 Å². The maximum Gasteiger partial charge on any atom is 0.267 e. The summed E-state index contributed by atoms with van der Waals surface area (Å²) in [5.41, 5.74) is 7.08. The number of aromatic nitrogens is 2. The van der Waals surface area contributed by atoms with Crippen LogP contribution in [-0.2, 0) is 6.42 Å². The number of amides is 1. The molecule has 0 aliphatic rings. The van der Waals surface area contributed by atoms with E-state index in [1.807, 2.05) is 18.4 Å². The number of thiophene rings is 1. The minimum absolute atomic E-state index is 0.150. The Morgan fingerprint density at radius 1 is 1.69 bits per heavy atom. The van der Waals surface area contributed by atoms with Gasteiger partial charge in [0.2, 0.25) is 0 Å². The first kappa shape index (κ1) is 10.7. The smallest absolute Gasteiger partial charge is 0.267 e. The Morgan fingerprint density at radius 2 is 2.50 bits per heavy atom. The fraction of sp³-hybridized carbons (Fsp3) is 0.200. The third-order valence-electron chi connectivity index (χ3n) is 2.24. The first-order valence-corrected chi connectivity index (χ1v) is 5.77. The molecule has 0 aliphatic carbocycles. The van der Waals surface area contributed by atoms with Crippen molar-refractivity contribution in [3.05, 3.63) is 28.1 Å². The first-order chi connectivity index (χ1) is 7.72. The van der Waals surface area contributed by atoms with E-state index in [-0.39, 0.29) is 5.91 Å². The summed E-state index contributed by atoms with van der Waals surface area (Å²) in [6.45, 7) is 2.02. The van der Waals surface area contributed by atoms with E-state index in [2.05, 4.69) is 15.5 Å². The topological polar surface area (TPSA) is 83.8 Å². The van der Waals surface area contributed by atoms with E-state index in [1.165, 1.54) is 17.5 Å². The van der Waals surface area contributed by atoms with Crippen LogP contribution in [-0.4, -0.2) is 16.1 Å². The molecule has 0 fully saturated rings. The summed E-state index contributed by atoms with van der Waals surface area (Å²) in [7, 11) is 0. The van der Waals surface area contributed by atoms with Crippen molar-refractivity contribution in [3.8, 4) is 0 Å². The van der Waals surface area contributed by atoms with Crippen LogP contribution < -0.4 is 11.1 Å². The Kier molecular flexibility index (Phi) is 2.91. The second kappa shape index (κ2) is 4.36. The molecule has 2 aromatic rings. The summed E-state index contributed by atoms with van der Waals surface area (Å²) < 4.78 is 0. The number of rotatable bonds is 3. The fourth-order valence-corrected chi connectivity index (χ4v) is 2.27. The zero-order chi connectivity index (χ0) is 11.5. The predicted molar refractivity (Wildman–Crippen MR) is 64.7 cm³/mol. The lowest BCUT2D eigenvalue weighted by Gasteiger charge is -2.03. The number of hydrogen-bond acceptors (Lipinski definition) is 4. The normalized spacial score (nSPS) is 10.3. The molecular weight excluding hydrogens is 224 g/mol. The molecule has 2 aromatic heterocycles. The highest BCUT2D eigenvalue weighted by atomic mass is 32.1. The average Bonchev–Trinajstić information content (AvgIpc) is 2.87. The van der Waals surface area contributed by atoms with Crippen molar-refractivity contribution >= 4 is 28.7 Å². The molecule has 0 radical (unpaired) electrons. The second-order valence-electron chi connectivity index (χ2n) is 3.28. The number of carbonyl (C=O) groups is 1. The lowest BCUT2D eigenvalue weighted by atomic mass is 10.2. The van der Waals surface area contributed by atoms with E-state index >= 15 is 0 Å². The zero-order valence-corrected chi connectivity index (χ0v) is 9.60. The highest BCUT2D eigenvalue weighted by Gasteiger charge is 2.13. The van der Waals surface area contributed by atoms with Crippen LogP contribution >= 0.6 is 11.3 Å². The molecular formula is C10H12N4OS. The van der Waals surface area contributed by atoms with E-state index < -0.39 is 0 Å². The molecule has 0 aliphatic heterocycles. The molecule has 6 heteroatoms. The third-order valence-corrected chi connectivity index (χ3v) is 3.20. The quantitative estimate of drug-likeness (QED) is 0.760. The maximum absolute atomic E-state index is 11.9. The van der Waals surface area contributed by atoms with Gasteiger partial charge in [0.05, 0.1) is 16.8 Å². The summed E-state index contributed by atoms with van der Waals surface area (Å²) in [4.78, 5) is 12.6. The standard InChI is InChI=1S/C10H12N4OS/c1-2-6-3-4-16-8(6)10(15)13-9-7(11)5-12-14-9/h3-5H,2,11H2,1H3,(H2,12,13,14,15). The Morgan fingerprint density at radius 3 is 3.12 bits per heavy atom. The summed E-state index contributed by atoms with van der Waals surface area (Å²) in [6.07, 6.45) is 2.30. The van der Waals surface area contributed by atoms with Gasteiger partial charge < -0.3 is 11.1 Å². The number of nitrogens with zero attached hydrogens (tertiary/aromatic N) is 1. The van der Waals surface area contributed by atoms with Gasteiger partial charge in [-0.15, -0.1) is 11.3 Å². The number of anilines is 2. The van der Waals surface area contributed by atoms with Crippen molar-refractivity contribution in [2.24, 2.45) is 0 Å². The van der Waals surface area contributed by atoms with Gasteiger partial charge in [0.25, 0.3) is 5.91 Å². The molecule has 1 amide bonds. The minimum Gasteiger partial charge on any atom is -0.394 e. The van der Waals surface area contributed by atoms with E-state index in [0.29, 0.717) is 11.5 Å². The lowest BCUT2D eigenvalue weighted by Crippen LogP contribution is -2.13. The lowest BCUT2D eigenvalue weighted by molar-refractivity contribution is 0.102. The van der Waals surface area contributed by atoms with E-state index in [1.54, 1.807) is 0 Å². The van der Waals surface area contributed by atoms with Crippen LogP contribution in [0, 0.1) is 0 Å². The number of H-pyrrole nitrogens is 1. The maximum atomic E-state index is 11.9. The van der Waals surface area contributed by atoms with Gasteiger partial charge in [-0.3, -0.25) is 9.89 Å². The molecule has 84 valence electrons. The third kappa shape index (κ3) is 1.92. The highest BCUT2D eigenvalue weighted by Crippen LogP contribution is 2.20. The Bertz CT molecular complexity index is 502. The summed E-state index contributed by atoms with van der Waals surface area (Å²) >= 11 is 1.42. The molecule has 16 heavy (non-hydrogen) atoms. The summed E-state index contributed by atoms with van der Waals surface area (Å²) in [5.74, 6) is 0.295. The molecule has 0 aromatic carbocycles. The SMILES string of the molecule is CCc1ccsc1C(=O)Nc1[nH]ncc1N. The highest BCUT2D eigenvalue weighted by molar-refractivity contribution is 7.12. The van der Waals surface area contributed by atoms with Gasteiger partial charge in [-0.05, 0) is 23.4 Å². The van der Waals surface area contributed by atoms with Gasteiger partial charge in [-0.25, -0.2) is 0 Å². The van der Waals surface area contributed by atoms with Crippen LogP contribution in [0.4, 0.5) is 11.5 Å². The molecule has 5 nitrogen and oxygen atoms in total. The second-order valence-corrected chi connectivity index (χ2v) is 4.20. The van der Waals surface area contributed by atoms with Crippen LogP contribution in [0.5, 0.6) is 0 Å². The number of aromatic amines is 1. The monoisotopic (exact) mass is 236 g/mol. The van der Waals surface area contributed by atoms with E-state index in [4.69, 9.17) is 5.73 Å². The summed E-state index contributed by atoms with van der Waals surface area (Å²) in [5, 5.41) is 11.0. The molecule has 4 N–H and O–H groups in total. The van der Waals surface area contributed by atoms with E-state index in [9.17, 15) is 4.79 Å². The minimum atomic E-state index is -0.150. The van der Waals surface area contributed by atoms with Crippen LogP contribution in [0.3, 0.4) is 0 Å². The first-order valence-electron chi connectivity index (χ1n) is 4.89. The molecule has 2 heterocycles. The largest absolute Gasteiger partial charge is 0.394 e. The number of hydrogen-bond donors (Lipinski definition) is 3. The number of aryl methyl sites for hydroxylation is 1. The Hall–Kier alpha value is -1.82. The fourth-order valence-electron chi connectivity index (χ4n) is 1.38. The molecule has 0 unspecified atom stereocenters. The van der Waals surface area contributed by atoms with Crippen LogP contribution in [0.1, 0.15) is 22.2 Å². The number of nitrogens with one attached hydrogen (secondary N) is 2. The molecule has 2 rings (SSSR count). The van der Waals surface area contributed by atoms with Crippen LogP contribution in [0.2, 0.25) is 0 Å². The Labute approximate surface area is 96.7 Å². The van der Waals surface area contributed by atoms with E-state index in [0.717, 1.165) is 16.9 Å². The average molecular weight is 236 g/mol.